The summed E-state index contributed by atoms with van der Waals surface area (Å²) >= 11 is 6.20. The first-order chi connectivity index (χ1) is 7.19. The summed E-state index contributed by atoms with van der Waals surface area (Å²) in [5, 5.41) is 4.15. The van der Waals surface area contributed by atoms with E-state index < -0.39 is 0 Å². The monoisotopic (exact) mass is 227 g/mol. The Kier molecular flexibility index (Phi) is 5.09. The van der Waals surface area contributed by atoms with Crippen LogP contribution in [0, 0.1) is 6.92 Å². The molecule has 0 amide bonds. The lowest BCUT2D eigenvalue weighted by atomic mass is 10.1. The Morgan fingerprint density at radius 3 is 2.73 bits per heavy atom. The highest BCUT2D eigenvalue weighted by Gasteiger charge is 2.13. The zero-order valence-corrected chi connectivity index (χ0v) is 10.3. The van der Waals surface area contributed by atoms with E-state index in [1.54, 1.807) is 7.11 Å². The number of aryl methyl sites for hydroxylation is 1. The van der Waals surface area contributed by atoms with Gasteiger partial charge in [-0.05, 0) is 30.7 Å². The molecule has 0 aliphatic heterocycles. The Bertz CT molecular complexity index is 308. The number of methoxy groups -OCH3 is 1. The molecule has 0 saturated carbocycles. The molecule has 1 atom stereocenters. The summed E-state index contributed by atoms with van der Waals surface area (Å²) < 4.78 is 5.18. The summed E-state index contributed by atoms with van der Waals surface area (Å²) in [5.74, 6) is 0. The first kappa shape index (κ1) is 12.5. The van der Waals surface area contributed by atoms with Crippen molar-refractivity contribution in [2.75, 3.05) is 20.3 Å². The van der Waals surface area contributed by atoms with E-state index in [-0.39, 0.29) is 6.04 Å². The van der Waals surface area contributed by atoms with Gasteiger partial charge in [-0.3, -0.25) is 0 Å². The Morgan fingerprint density at radius 2 is 2.20 bits per heavy atom. The molecule has 3 heteroatoms. The maximum Gasteiger partial charge on any atom is 0.0658 e. The van der Waals surface area contributed by atoms with Gasteiger partial charge in [-0.2, -0.15) is 0 Å². The van der Waals surface area contributed by atoms with Crippen molar-refractivity contribution in [3.05, 3.63) is 34.3 Å². The minimum Gasteiger partial charge on any atom is -0.383 e. The second-order valence-corrected chi connectivity index (χ2v) is 4.00. The van der Waals surface area contributed by atoms with Crippen LogP contribution in [0.15, 0.2) is 18.2 Å². The Labute approximate surface area is 96.6 Å². The van der Waals surface area contributed by atoms with Crippen LogP contribution in [0.25, 0.3) is 0 Å². The minimum absolute atomic E-state index is 0.174. The Balaban J connectivity index is 2.89. The number of nitrogens with one attached hydrogen (secondary N) is 1. The molecule has 0 bridgehead atoms. The van der Waals surface area contributed by atoms with Crippen LogP contribution in [0.4, 0.5) is 0 Å². The van der Waals surface area contributed by atoms with Gasteiger partial charge in [0.1, 0.15) is 0 Å². The molecule has 1 rings (SSSR count). The van der Waals surface area contributed by atoms with Gasteiger partial charge in [-0.15, -0.1) is 0 Å². The lowest BCUT2D eigenvalue weighted by Gasteiger charge is -2.18. The van der Waals surface area contributed by atoms with Crippen LogP contribution in [-0.4, -0.2) is 20.3 Å². The van der Waals surface area contributed by atoms with E-state index in [1.807, 2.05) is 13.0 Å². The lowest BCUT2D eigenvalue weighted by Crippen LogP contribution is -2.25. The summed E-state index contributed by atoms with van der Waals surface area (Å²) in [7, 11) is 1.70. The van der Waals surface area contributed by atoms with E-state index in [1.165, 1.54) is 5.56 Å². The SMILES string of the molecule is CCNC(COC)c1ccc(C)cc1Cl. The zero-order valence-electron chi connectivity index (χ0n) is 9.51. The number of benzene rings is 1. The number of rotatable bonds is 5. The predicted octanol–water partition coefficient (Wildman–Crippen LogP) is 2.95. The van der Waals surface area contributed by atoms with Gasteiger partial charge in [0.2, 0.25) is 0 Å². The summed E-state index contributed by atoms with van der Waals surface area (Å²) in [6, 6.07) is 6.29. The van der Waals surface area contributed by atoms with Crippen molar-refractivity contribution in [2.24, 2.45) is 0 Å². The topological polar surface area (TPSA) is 21.3 Å². The zero-order chi connectivity index (χ0) is 11.3. The van der Waals surface area contributed by atoms with Crippen LogP contribution in [0.1, 0.15) is 24.1 Å². The van der Waals surface area contributed by atoms with Crippen molar-refractivity contribution in [1.82, 2.24) is 5.32 Å². The highest BCUT2D eigenvalue weighted by Crippen LogP contribution is 2.24. The number of hydrogen-bond acceptors (Lipinski definition) is 2. The number of hydrogen-bond donors (Lipinski definition) is 1. The van der Waals surface area contributed by atoms with Gasteiger partial charge >= 0.3 is 0 Å². The first-order valence-electron chi connectivity index (χ1n) is 5.17. The predicted molar refractivity (Wildman–Crippen MR) is 64.5 cm³/mol. The molecule has 1 unspecified atom stereocenters. The smallest absolute Gasteiger partial charge is 0.0658 e. The van der Waals surface area contributed by atoms with E-state index in [9.17, 15) is 0 Å². The van der Waals surface area contributed by atoms with Crippen molar-refractivity contribution in [3.63, 3.8) is 0 Å². The molecule has 84 valence electrons. The van der Waals surface area contributed by atoms with E-state index >= 15 is 0 Å². The van der Waals surface area contributed by atoms with Gasteiger partial charge in [0.05, 0.1) is 12.6 Å². The number of halogens is 1. The molecule has 0 heterocycles. The fourth-order valence-corrected chi connectivity index (χ4v) is 1.95. The van der Waals surface area contributed by atoms with Gasteiger partial charge in [0, 0.05) is 12.1 Å². The molecule has 0 aliphatic carbocycles. The van der Waals surface area contributed by atoms with Gasteiger partial charge in [0.15, 0.2) is 0 Å². The van der Waals surface area contributed by atoms with Crippen molar-refractivity contribution in [1.29, 1.82) is 0 Å². The molecule has 0 fully saturated rings. The lowest BCUT2D eigenvalue weighted by molar-refractivity contribution is 0.168. The molecule has 1 aromatic carbocycles. The summed E-state index contributed by atoms with van der Waals surface area (Å²) in [6.07, 6.45) is 0. The van der Waals surface area contributed by atoms with Gasteiger partial charge in [-0.1, -0.05) is 30.7 Å². The number of ether oxygens (including phenoxy) is 1. The minimum atomic E-state index is 0.174. The second-order valence-electron chi connectivity index (χ2n) is 3.59. The molecule has 15 heavy (non-hydrogen) atoms. The summed E-state index contributed by atoms with van der Waals surface area (Å²) in [4.78, 5) is 0. The van der Waals surface area contributed by atoms with Crippen LogP contribution in [0.5, 0.6) is 0 Å². The fourth-order valence-electron chi connectivity index (χ4n) is 1.59. The molecule has 0 spiro atoms. The van der Waals surface area contributed by atoms with Crippen molar-refractivity contribution >= 4 is 11.6 Å². The van der Waals surface area contributed by atoms with E-state index in [2.05, 4.69) is 24.4 Å². The van der Waals surface area contributed by atoms with Crippen LogP contribution in [0.3, 0.4) is 0 Å². The van der Waals surface area contributed by atoms with Gasteiger partial charge in [-0.25, -0.2) is 0 Å². The van der Waals surface area contributed by atoms with Crippen LogP contribution in [-0.2, 0) is 4.74 Å². The van der Waals surface area contributed by atoms with Crippen LogP contribution >= 0.6 is 11.6 Å². The van der Waals surface area contributed by atoms with Gasteiger partial charge in [0.25, 0.3) is 0 Å². The second kappa shape index (κ2) is 6.11. The average Bonchev–Trinajstić information content (AvgIpc) is 2.17. The number of likely N-dealkylation sites (N-methyl/N-ethyl adjacent to an activating group) is 1. The molecular weight excluding hydrogens is 210 g/mol. The van der Waals surface area contributed by atoms with E-state index in [0.29, 0.717) is 6.61 Å². The fraction of sp³-hybridized carbons (Fsp3) is 0.500. The average molecular weight is 228 g/mol. The third-order valence-corrected chi connectivity index (χ3v) is 2.64. The largest absolute Gasteiger partial charge is 0.383 e. The van der Waals surface area contributed by atoms with Crippen molar-refractivity contribution in [3.8, 4) is 0 Å². The third-order valence-electron chi connectivity index (χ3n) is 2.32. The molecule has 1 aromatic rings. The molecule has 0 aromatic heterocycles. The van der Waals surface area contributed by atoms with Crippen molar-refractivity contribution in [2.45, 2.75) is 19.9 Å². The highest BCUT2D eigenvalue weighted by atomic mass is 35.5. The maximum absolute atomic E-state index is 6.20. The maximum atomic E-state index is 6.20. The molecule has 0 saturated heterocycles. The van der Waals surface area contributed by atoms with Crippen LogP contribution in [0.2, 0.25) is 5.02 Å². The van der Waals surface area contributed by atoms with E-state index in [0.717, 1.165) is 17.1 Å². The first-order valence-corrected chi connectivity index (χ1v) is 5.55. The quantitative estimate of drug-likeness (QED) is 0.835. The molecule has 1 N–H and O–H groups in total. The molecule has 0 aliphatic rings. The Hall–Kier alpha value is -0.570. The summed E-state index contributed by atoms with van der Waals surface area (Å²) in [6.45, 7) is 5.65. The Morgan fingerprint density at radius 1 is 1.47 bits per heavy atom. The molecule has 2 nitrogen and oxygen atoms in total. The van der Waals surface area contributed by atoms with Gasteiger partial charge < -0.3 is 10.1 Å². The summed E-state index contributed by atoms with van der Waals surface area (Å²) in [5.41, 5.74) is 2.28. The van der Waals surface area contributed by atoms with Crippen molar-refractivity contribution < 1.29 is 4.74 Å². The van der Waals surface area contributed by atoms with E-state index in [4.69, 9.17) is 16.3 Å². The standard InChI is InChI=1S/C12H18ClNO/c1-4-14-12(8-15-3)10-6-5-9(2)7-11(10)13/h5-7,12,14H,4,8H2,1-3H3. The highest BCUT2D eigenvalue weighted by molar-refractivity contribution is 6.31. The van der Waals surface area contributed by atoms with Crippen LogP contribution < -0.4 is 5.32 Å². The third kappa shape index (κ3) is 3.49. The molecule has 0 radical (unpaired) electrons. The normalized spacial score (nSPS) is 12.8. The molecular formula is C12H18ClNO.